The smallest absolute Gasteiger partial charge is 0.410 e. The quantitative estimate of drug-likeness (QED) is 0.687. The Bertz CT molecular complexity index is 983. The Balaban J connectivity index is 1.34. The highest BCUT2D eigenvalue weighted by molar-refractivity contribution is 7.89. The summed E-state index contributed by atoms with van der Waals surface area (Å²) in [4.78, 5) is 28.7. The largest absolute Gasteiger partial charge is 0.497 e. The van der Waals surface area contributed by atoms with Gasteiger partial charge in [-0.2, -0.15) is 4.31 Å². The van der Waals surface area contributed by atoms with E-state index in [-0.39, 0.29) is 41.9 Å². The summed E-state index contributed by atoms with van der Waals surface area (Å²) in [7, 11) is -2.18. The van der Waals surface area contributed by atoms with Gasteiger partial charge in [-0.05, 0) is 37.1 Å². The zero-order valence-corrected chi connectivity index (χ0v) is 18.3. The third-order valence-electron chi connectivity index (χ3n) is 7.02. The third kappa shape index (κ3) is 3.45. The first-order valence-electron chi connectivity index (χ1n) is 10.8. The van der Waals surface area contributed by atoms with Crippen molar-refractivity contribution in [3.05, 3.63) is 24.3 Å². The molecule has 1 spiro atoms. The van der Waals surface area contributed by atoms with E-state index >= 15 is 0 Å². The minimum absolute atomic E-state index is 0.163. The molecule has 1 aliphatic carbocycles. The van der Waals surface area contributed by atoms with Crippen LogP contribution in [0.5, 0.6) is 5.75 Å². The van der Waals surface area contributed by atoms with Gasteiger partial charge in [0, 0.05) is 51.5 Å². The van der Waals surface area contributed by atoms with Gasteiger partial charge in [-0.1, -0.05) is 0 Å². The van der Waals surface area contributed by atoms with Gasteiger partial charge < -0.3 is 14.4 Å². The Hall–Kier alpha value is -2.33. The highest BCUT2D eigenvalue weighted by Crippen LogP contribution is 2.42. The van der Waals surface area contributed by atoms with Gasteiger partial charge in [0.05, 0.1) is 18.0 Å². The summed E-state index contributed by atoms with van der Waals surface area (Å²) in [5.74, 6) is 0.949. The lowest BCUT2D eigenvalue weighted by atomic mass is 9.83. The predicted molar refractivity (Wildman–Crippen MR) is 110 cm³/mol. The molecule has 3 heterocycles. The lowest BCUT2D eigenvalue weighted by Gasteiger charge is -2.44. The standard InChI is InChI=1S/C21H27N3O6S/c1-29-16-4-6-17(7-5-16)31(27,28)23-12-13-24-18(14-23)21(30-20(24)26)8-10-22(11-9-21)19(25)15-2-3-15/h4-7,15,18H,2-3,8-14H2,1H3. The Labute approximate surface area is 181 Å². The minimum Gasteiger partial charge on any atom is -0.497 e. The normalized spacial score (nSPS) is 26.0. The molecule has 0 radical (unpaired) electrons. The fraction of sp³-hybridized carbons (Fsp3) is 0.619. The highest BCUT2D eigenvalue weighted by atomic mass is 32.2. The van der Waals surface area contributed by atoms with Crippen LogP contribution in [0.3, 0.4) is 0 Å². The number of amides is 2. The van der Waals surface area contributed by atoms with Gasteiger partial charge >= 0.3 is 6.09 Å². The Morgan fingerprint density at radius 3 is 2.39 bits per heavy atom. The van der Waals surface area contributed by atoms with Crippen LogP contribution < -0.4 is 4.74 Å². The van der Waals surface area contributed by atoms with E-state index in [1.165, 1.54) is 23.5 Å². The number of sulfonamides is 1. The van der Waals surface area contributed by atoms with E-state index in [2.05, 4.69) is 0 Å². The monoisotopic (exact) mass is 449 g/mol. The molecule has 1 atom stereocenters. The summed E-state index contributed by atoms with van der Waals surface area (Å²) in [5.41, 5.74) is -0.745. The maximum Gasteiger partial charge on any atom is 0.410 e. The second-order valence-electron chi connectivity index (χ2n) is 8.78. The van der Waals surface area contributed by atoms with Crippen LogP contribution in [0.2, 0.25) is 0 Å². The number of fused-ring (bicyclic) bond motifs is 2. The number of hydrogen-bond acceptors (Lipinski definition) is 6. The molecule has 4 aliphatic rings. The summed E-state index contributed by atoms with van der Waals surface area (Å²) < 4.78 is 38.9. The number of carbonyl (C=O) groups excluding carboxylic acids is 2. The number of hydrogen-bond donors (Lipinski definition) is 0. The van der Waals surface area contributed by atoms with E-state index in [0.717, 1.165) is 12.8 Å². The number of piperidine rings is 1. The van der Waals surface area contributed by atoms with Crippen LogP contribution in [0.4, 0.5) is 4.79 Å². The summed E-state index contributed by atoms with van der Waals surface area (Å²) in [6, 6.07) is 5.97. The van der Waals surface area contributed by atoms with Crippen LogP contribution in [0.25, 0.3) is 0 Å². The number of piperazine rings is 1. The van der Waals surface area contributed by atoms with Crippen LogP contribution in [0.1, 0.15) is 25.7 Å². The number of ether oxygens (including phenoxy) is 2. The van der Waals surface area contributed by atoms with E-state index in [0.29, 0.717) is 38.2 Å². The summed E-state index contributed by atoms with van der Waals surface area (Å²) in [6.07, 6.45) is 2.62. The van der Waals surface area contributed by atoms with Crippen molar-refractivity contribution in [3.63, 3.8) is 0 Å². The number of benzene rings is 1. The molecular formula is C21H27N3O6S. The molecule has 1 aromatic carbocycles. The van der Waals surface area contributed by atoms with Crippen LogP contribution >= 0.6 is 0 Å². The van der Waals surface area contributed by atoms with Crippen molar-refractivity contribution in [1.82, 2.24) is 14.1 Å². The maximum atomic E-state index is 13.2. The van der Waals surface area contributed by atoms with Crippen LogP contribution in [-0.2, 0) is 19.6 Å². The lowest BCUT2D eigenvalue weighted by Crippen LogP contribution is -2.61. The number of likely N-dealkylation sites (tertiary alicyclic amines) is 1. The Morgan fingerprint density at radius 1 is 1.10 bits per heavy atom. The Kier molecular flexibility index (Phi) is 4.89. The fourth-order valence-corrected chi connectivity index (χ4v) is 6.41. The predicted octanol–water partition coefficient (Wildman–Crippen LogP) is 1.29. The van der Waals surface area contributed by atoms with Gasteiger partial charge in [0.1, 0.15) is 11.4 Å². The molecule has 0 N–H and O–H groups in total. The first kappa shape index (κ1) is 20.6. The second-order valence-corrected chi connectivity index (χ2v) is 10.7. The molecule has 2 amide bonds. The van der Waals surface area contributed by atoms with Crippen molar-refractivity contribution in [1.29, 1.82) is 0 Å². The van der Waals surface area contributed by atoms with Crippen LogP contribution in [0, 0.1) is 5.92 Å². The second kappa shape index (κ2) is 7.37. The van der Waals surface area contributed by atoms with Gasteiger partial charge in [0.25, 0.3) is 0 Å². The summed E-state index contributed by atoms with van der Waals surface area (Å²) >= 11 is 0. The molecule has 9 nitrogen and oxygen atoms in total. The minimum atomic E-state index is -3.71. The van der Waals surface area contributed by atoms with Crippen molar-refractivity contribution < 1.29 is 27.5 Å². The average molecular weight is 450 g/mol. The number of rotatable bonds is 4. The Morgan fingerprint density at radius 2 is 1.77 bits per heavy atom. The van der Waals surface area contributed by atoms with Crippen LogP contribution in [0.15, 0.2) is 29.2 Å². The molecule has 10 heteroatoms. The third-order valence-corrected chi connectivity index (χ3v) is 8.90. The molecule has 0 aromatic heterocycles. The van der Waals surface area contributed by atoms with Gasteiger partial charge in [0.2, 0.25) is 15.9 Å². The molecule has 1 aromatic rings. The van der Waals surface area contributed by atoms with E-state index < -0.39 is 15.6 Å². The molecule has 1 saturated carbocycles. The van der Waals surface area contributed by atoms with E-state index in [4.69, 9.17) is 9.47 Å². The molecule has 1 unspecified atom stereocenters. The molecule has 5 rings (SSSR count). The van der Waals surface area contributed by atoms with Crippen molar-refractivity contribution in [2.45, 2.75) is 42.2 Å². The molecule has 0 bridgehead atoms. The summed E-state index contributed by atoms with van der Waals surface area (Å²) in [5, 5.41) is 0. The first-order chi connectivity index (χ1) is 14.8. The van der Waals surface area contributed by atoms with E-state index in [1.807, 2.05) is 4.90 Å². The molecule has 3 aliphatic heterocycles. The molecular weight excluding hydrogens is 422 g/mol. The van der Waals surface area contributed by atoms with Crippen molar-refractivity contribution in [3.8, 4) is 5.75 Å². The van der Waals surface area contributed by atoms with Crippen molar-refractivity contribution >= 4 is 22.0 Å². The van der Waals surface area contributed by atoms with Gasteiger partial charge in [-0.3, -0.25) is 9.69 Å². The maximum absolute atomic E-state index is 13.2. The molecule has 3 saturated heterocycles. The highest BCUT2D eigenvalue weighted by Gasteiger charge is 2.58. The molecule has 4 fully saturated rings. The lowest BCUT2D eigenvalue weighted by molar-refractivity contribution is -0.136. The average Bonchev–Trinajstić information content (AvgIpc) is 3.60. The first-order valence-corrected chi connectivity index (χ1v) is 12.2. The SMILES string of the molecule is COc1ccc(S(=O)(=O)N2CCN3C(=O)OC4(CCN(C(=O)C5CC5)CC4)C3C2)cc1. The van der Waals surface area contributed by atoms with Gasteiger partial charge in [-0.15, -0.1) is 0 Å². The van der Waals surface area contributed by atoms with Crippen molar-refractivity contribution in [2.24, 2.45) is 5.92 Å². The number of nitrogens with zero attached hydrogens (tertiary/aromatic N) is 3. The van der Waals surface area contributed by atoms with Crippen molar-refractivity contribution in [2.75, 3.05) is 39.8 Å². The topological polar surface area (TPSA) is 96.5 Å². The molecule has 31 heavy (non-hydrogen) atoms. The van der Waals surface area contributed by atoms with E-state index in [9.17, 15) is 18.0 Å². The zero-order valence-electron chi connectivity index (χ0n) is 17.5. The van der Waals surface area contributed by atoms with Crippen LogP contribution in [-0.4, -0.2) is 86.0 Å². The summed E-state index contributed by atoms with van der Waals surface area (Å²) in [6.45, 7) is 1.79. The fourth-order valence-electron chi connectivity index (χ4n) is 4.97. The van der Waals surface area contributed by atoms with Gasteiger partial charge in [0.15, 0.2) is 0 Å². The molecule has 168 valence electrons. The van der Waals surface area contributed by atoms with E-state index in [1.54, 1.807) is 17.0 Å². The number of methoxy groups -OCH3 is 1. The number of carbonyl (C=O) groups is 2. The van der Waals surface area contributed by atoms with Gasteiger partial charge in [-0.25, -0.2) is 13.2 Å². The zero-order chi connectivity index (χ0) is 21.8.